The molecule has 1 heterocycles. The van der Waals surface area contributed by atoms with Crippen molar-refractivity contribution >= 4 is 27.5 Å². The van der Waals surface area contributed by atoms with Gasteiger partial charge in [-0.05, 0) is 56.2 Å². The zero-order valence-electron chi connectivity index (χ0n) is 17.6. The van der Waals surface area contributed by atoms with E-state index in [1.54, 1.807) is 12.1 Å². The molecule has 0 bridgehead atoms. The molecule has 1 aliphatic rings. The van der Waals surface area contributed by atoms with Gasteiger partial charge in [0, 0.05) is 31.7 Å². The number of rotatable bonds is 7. The summed E-state index contributed by atoms with van der Waals surface area (Å²) in [5.74, 6) is 0.186. The molecule has 8 nitrogen and oxygen atoms in total. The van der Waals surface area contributed by atoms with Crippen molar-refractivity contribution in [2.24, 2.45) is 0 Å². The number of amides is 2. The second-order valence-electron chi connectivity index (χ2n) is 7.55. The zero-order valence-corrected chi connectivity index (χ0v) is 18.4. The Morgan fingerprint density at radius 1 is 1.03 bits per heavy atom. The molecule has 0 atom stereocenters. The van der Waals surface area contributed by atoms with E-state index in [2.05, 4.69) is 10.6 Å². The molecule has 2 N–H and O–H groups in total. The number of carbonyl (C=O) groups excluding carboxylic acids is 2. The van der Waals surface area contributed by atoms with Gasteiger partial charge in [0.25, 0.3) is 5.91 Å². The van der Waals surface area contributed by atoms with Crippen LogP contribution in [0.2, 0.25) is 0 Å². The van der Waals surface area contributed by atoms with Crippen LogP contribution in [0.5, 0.6) is 5.75 Å². The number of nitrogens with one attached hydrogen (secondary N) is 2. The number of ether oxygens (including phenoxy) is 1. The molecule has 9 heteroatoms. The third-order valence-corrected chi connectivity index (χ3v) is 6.94. The van der Waals surface area contributed by atoms with Gasteiger partial charge in [-0.15, -0.1) is 0 Å². The third kappa shape index (κ3) is 6.28. The molecule has 0 radical (unpaired) electrons. The average Bonchev–Trinajstić information content (AvgIpc) is 2.74. The molecule has 1 saturated heterocycles. The Kier molecular flexibility index (Phi) is 7.29. The maximum atomic E-state index is 12.9. The summed E-state index contributed by atoms with van der Waals surface area (Å²) >= 11 is 0. The average molecular weight is 446 g/mol. The summed E-state index contributed by atoms with van der Waals surface area (Å²) in [6.07, 6.45) is 1.05. The van der Waals surface area contributed by atoms with E-state index in [9.17, 15) is 18.0 Å². The Labute approximate surface area is 182 Å². The minimum atomic E-state index is -3.63. The number of nitrogens with zero attached hydrogens (tertiary/aromatic N) is 1. The number of benzene rings is 2. The topological polar surface area (TPSA) is 105 Å². The van der Waals surface area contributed by atoms with Crippen LogP contribution >= 0.6 is 0 Å². The van der Waals surface area contributed by atoms with Gasteiger partial charge in [-0.2, -0.15) is 4.31 Å². The van der Waals surface area contributed by atoms with Crippen LogP contribution in [0.1, 0.15) is 25.3 Å². The Bertz CT molecular complexity index is 1010. The highest BCUT2D eigenvalue weighted by molar-refractivity contribution is 7.89. The lowest BCUT2D eigenvalue weighted by Crippen LogP contribution is -2.47. The molecule has 0 aromatic heterocycles. The minimum Gasteiger partial charge on any atom is -0.484 e. The number of sulfonamides is 1. The van der Waals surface area contributed by atoms with Crippen molar-refractivity contribution in [2.45, 2.75) is 37.6 Å². The van der Waals surface area contributed by atoms with Crippen molar-refractivity contribution in [3.8, 4) is 5.75 Å². The normalized spacial score (nSPS) is 15.3. The number of hydrogen-bond acceptors (Lipinski definition) is 5. The Balaban J connectivity index is 1.48. The van der Waals surface area contributed by atoms with Crippen LogP contribution in [0.25, 0.3) is 0 Å². The predicted molar refractivity (Wildman–Crippen MR) is 117 cm³/mol. The highest BCUT2D eigenvalue weighted by Crippen LogP contribution is 2.22. The number of carbonyl (C=O) groups is 2. The first-order valence-electron chi connectivity index (χ1n) is 10.1. The summed E-state index contributed by atoms with van der Waals surface area (Å²) in [4.78, 5) is 23.4. The largest absolute Gasteiger partial charge is 0.484 e. The van der Waals surface area contributed by atoms with Gasteiger partial charge in [-0.3, -0.25) is 9.59 Å². The molecule has 166 valence electrons. The first-order valence-corrected chi connectivity index (χ1v) is 11.5. The van der Waals surface area contributed by atoms with Crippen LogP contribution in [0, 0.1) is 6.92 Å². The van der Waals surface area contributed by atoms with Gasteiger partial charge < -0.3 is 15.4 Å². The molecule has 31 heavy (non-hydrogen) atoms. The van der Waals surface area contributed by atoms with E-state index in [4.69, 9.17) is 4.74 Å². The summed E-state index contributed by atoms with van der Waals surface area (Å²) in [5, 5.41) is 5.52. The van der Waals surface area contributed by atoms with Gasteiger partial charge in [0.15, 0.2) is 6.61 Å². The third-order valence-electron chi connectivity index (χ3n) is 5.02. The van der Waals surface area contributed by atoms with Gasteiger partial charge in [0.1, 0.15) is 5.75 Å². The van der Waals surface area contributed by atoms with Crippen molar-refractivity contribution in [2.75, 3.05) is 25.0 Å². The van der Waals surface area contributed by atoms with Gasteiger partial charge in [0.2, 0.25) is 15.9 Å². The number of piperidine rings is 1. The van der Waals surface area contributed by atoms with Crippen LogP contribution < -0.4 is 15.4 Å². The molecule has 0 aliphatic carbocycles. The van der Waals surface area contributed by atoms with Gasteiger partial charge in [-0.25, -0.2) is 8.42 Å². The molecule has 3 rings (SSSR count). The predicted octanol–water partition coefficient (Wildman–Crippen LogP) is 2.30. The Hall–Kier alpha value is -2.91. The fourth-order valence-corrected chi connectivity index (χ4v) is 4.83. The lowest BCUT2D eigenvalue weighted by molar-refractivity contribution is -0.124. The summed E-state index contributed by atoms with van der Waals surface area (Å²) in [7, 11) is -3.63. The molecule has 0 unspecified atom stereocenters. The first kappa shape index (κ1) is 22.8. The van der Waals surface area contributed by atoms with E-state index in [-0.39, 0.29) is 29.4 Å². The van der Waals surface area contributed by atoms with Crippen LogP contribution in [0.15, 0.2) is 53.4 Å². The van der Waals surface area contributed by atoms with Gasteiger partial charge in [-0.1, -0.05) is 17.7 Å². The van der Waals surface area contributed by atoms with Crippen LogP contribution in [0.3, 0.4) is 0 Å². The molecule has 1 aliphatic heterocycles. The number of hydrogen-bond donors (Lipinski definition) is 2. The molecule has 2 amide bonds. The maximum Gasteiger partial charge on any atom is 0.258 e. The fourth-order valence-electron chi connectivity index (χ4n) is 3.36. The van der Waals surface area contributed by atoms with Crippen molar-refractivity contribution in [1.29, 1.82) is 0 Å². The van der Waals surface area contributed by atoms with Crippen molar-refractivity contribution in [1.82, 2.24) is 9.62 Å². The summed E-state index contributed by atoms with van der Waals surface area (Å²) in [6, 6.07) is 13.5. The lowest BCUT2D eigenvalue weighted by Gasteiger charge is -2.31. The van der Waals surface area contributed by atoms with E-state index in [1.165, 1.54) is 23.4 Å². The van der Waals surface area contributed by atoms with Crippen molar-refractivity contribution in [3.05, 3.63) is 54.1 Å². The maximum absolute atomic E-state index is 12.9. The highest BCUT2D eigenvalue weighted by atomic mass is 32.2. The summed E-state index contributed by atoms with van der Waals surface area (Å²) in [6.45, 7) is 3.92. The SMILES string of the molecule is CC(=O)Nc1ccc(S(=O)(=O)N2CCC(NC(=O)COc3ccc(C)cc3)CC2)cc1. The van der Waals surface area contributed by atoms with Crippen LogP contribution in [0.4, 0.5) is 5.69 Å². The second-order valence-corrected chi connectivity index (χ2v) is 9.49. The molecular weight excluding hydrogens is 418 g/mol. The minimum absolute atomic E-state index is 0.0811. The lowest BCUT2D eigenvalue weighted by atomic mass is 10.1. The first-order chi connectivity index (χ1) is 14.7. The smallest absolute Gasteiger partial charge is 0.258 e. The van der Waals surface area contributed by atoms with E-state index in [0.717, 1.165) is 5.56 Å². The van der Waals surface area contributed by atoms with E-state index >= 15 is 0 Å². The Morgan fingerprint density at radius 3 is 2.23 bits per heavy atom. The van der Waals surface area contributed by atoms with Gasteiger partial charge in [0.05, 0.1) is 4.90 Å². The molecular formula is C22H27N3O5S. The van der Waals surface area contributed by atoms with Gasteiger partial charge >= 0.3 is 0 Å². The zero-order chi connectivity index (χ0) is 22.4. The van der Waals surface area contributed by atoms with Crippen molar-refractivity contribution < 1.29 is 22.7 Å². The highest BCUT2D eigenvalue weighted by Gasteiger charge is 2.30. The van der Waals surface area contributed by atoms with Crippen LogP contribution in [-0.2, 0) is 19.6 Å². The molecule has 2 aromatic carbocycles. The van der Waals surface area contributed by atoms with Crippen LogP contribution in [-0.4, -0.2) is 50.3 Å². The Morgan fingerprint density at radius 2 is 1.65 bits per heavy atom. The number of aryl methyl sites for hydroxylation is 1. The quantitative estimate of drug-likeness (QED) is 0.681. The molecule has 0 saturated carbocycles. The van der Waals surface area contributed by atoms with E-state index < -0.39 is 10.0 Å². The summed E-state index contributed by atoms with van der Waals surface area (Å²) < 4.78 is 32.6. The van der Waals surface area contributed by atoms with E-state index in [1.807, 2.05) is 31.2 Å². The molecule has 2 aromatic rings. The van der Waals surface area contributed by atoms with Crippen molar-refractivity contribution in [3.63, 3.8) is 0 Å². The fraction of sp³-hybridized carbons (Fsp3) is 0.364. The monoisotopic (exact) mass is 445 g/mol. The van der Waals surface area contributed by atoms with E-state index in [0.29, 0.717) is 37.4 Å². The second kappa shape index (κ2) is 9.93. The molecule has 0 spiro atoms. The summed E-state index contributed by atoms with van der Waals surface area (Å²) in [5.41, 5.74) is 1.66. The standard InChI is InChI=1S/C22H27N3O5S/c1-16-3-7-20(8-4-16)30-15-22(27)24-19-11-13-25(14-12-19)31(28,29)21-9-5-18(6-10-21)23-17(2)26/h3-10,19H,11-15H2,1-2H3,(H,23,26)(H,24,27). The number of anilines is 1. The molecule has 1 fully saturated rings.